The second kappa shape index (κ2) is 14.8. The van der Waals surface area contributed by atoms with Gasteiger partial charge in [0.05, 0.1) is 5.54 Å². The fourth-order valence-corrected chi connectivity index (χ4v) is 11.6. The predicted molar refractivity (Wildman–Crippen MR) is 264 cm³/mol. The molecular formula is C59H63N3O2Pt. The number of fused-ring (bicyclic) bond motifs is 8. The van der Waals surface area contributed by atoms with Crippen LogP contribution in [0.5, 0.6) is 11.5 Å². The number of rotatable bonds is 4. The number of benzene rings is 5. The van der Waals surface area contributed by atoms with Crippen molar-refractivity contribution in [3.05, 3.63) is 151 Å². The first-order valence-electron chi connectivity index (χ1n) is 23.9. The molecule has 0 spiro atoms. The zero-order chi connectivity index (χ0) is 47.6. The number of nitrogens with zero attached hydrogens (tertiary/aromatic N) is 3. The molecule has 0 fully saturated rings. The largest absolute Gasteiger partial charge is 2.00 e. The van der Waals surface area contributed by atoms with Crippen LogP contribution in [-0.4, -0.2) is 21.0 Å². The fraction of sp³-hybridized carbons (Fsp3) is 0.390. The third-order valence-corrected chi connectivity index (χ3v) is 14.8. The smallest absolute Gasteiger partial charge is 0.508 e. The number of aliphatic imine (C=N–C) groups is 1. The molecule has 3 aliphatic rings. The first kappa shape index (κ1) is 42.6. The molecule has 4 heterocycles. The van der Waals surface area contributed by atoms with E-state index in [1.807, 2.05) is 19.2 Å². The molecule has 1 aliphatic carbocycles. The molecule has 5 aromatic carbocycles. The maximum atomic E-state index is 9.58. The van der Waals surface area contributed by atoms with Crippen LogP contribution in [0.15, 0.2) is 71.9 Å². The molecule has 10 rings (SSSR count). The minimum Gasteiger partial charge on any atom is -0.508 e. The van der Waals surface area contributed by atoms with Gasteiger partial charge in [0.15, 0.2) is 0 Å². The van der Waals surface area contributed by atoms with Crippen molar-refractivity contribution in [2.24, 2.45) is 4.99 Å². The second-order valence-corrected chi connectivity index (χ2v) is 22.1. The molecule has 0 unspecified atom stereocenters. The Morgan fingerprint density at radius 2 is 1.48 bits per heavy atom. The number of hydrogen-bond donors (Lipinski definition) is 0. The van der Waals surface area contributed by atoms with E-state index < -0.39 is 17.5 Å². The van der Waals surface area contributed by atoms with Crippen molar-refractivity contribution in [1.29, 1.82) is 0 Å². The molecular weight excluding hydrogens is 978 g/mol. The van der Waals surface area contributed by atoms with Crippen LogP contribution >= 0.6 is 0 Å². The van der Waals surface area contributed by atoms with Gasteiger partial charge in [0.2, 0.25) is 0 Å². The average molecular weight is 1040 g/mol. The van der Waals surface area contributed by atoms with Gasteiger partial charge in [-0.1, -0.05) is 133 Å². The number of hydrogen-bond acceptors (Lipinski definition) is 4. The standard InChI is InChI=1S/C59H63N3O2.Pt/c1-32-22-34(3)50(35(4)23-32)38-26-39(54-61-58(15)20-19-42-37(6)51(56(10,11)12)36(5)25-46(42)59(58,16)64-54)28-41(27-38)63-49-31-48-43(24-33(49)2)44-29-40(55(7,8)9)30-47-52(44)62(48)53-45(57(47,13)14)18-17-21-60-53;/h17-18,21-27,29-30H,19-20H2,1-16H3;/q-2;+2/t58-,59+;/m1./s1/i19D2;. The molecule has 7 aromatic rings. The summed E-state index contributed by atoms with van der Waals surface area (Å²) in [4.78, 5) is 10.4. The average Bonchev–Trinajstić information content (AvgIpc) is 3.65. The molecule has 6 heteroatoms. The molecule has 336 valence electrons. The Hall–Kier alpha value is -4.99. The Kier molecular flexibility index (Phi) is 9.68. The van der Waals surface area contributed by atoms with Crippen LogP contribution in [0.3, 0.4) is 0 Å². The summed E-state index contributed by atoms with van der Waals surface area (Å²) >= 11 is 0. The van der Waals surface area contributed by atoms with Gasteiger partial charge in [-0.15, -0.1) is 23.1 Å². The maximum Gasteiger partial charge on any atom is 2.00 e. The zero-order valence-electron chi connectivity index (χ0n) is 43.0. The number of aromatic nitrogens is 2. The Morgan fingerprint density at radius 3 is 2.15 bits per heavy atom. The molecule has 0 saturated heterocycles. The molecule has 5 nitrogen and oxygen atoms in total. The van der Waals surface area contributed by atoms with Crippen LogP contribution in [0.2, 0.25) is 0 Å². The minimum atomic E-state index is -1.63. The van der Waals surface area contributed by atoms with Gasteiger partial charge in [-0.05, 0) is 134 Å². The molecule has 65 heavy (non-hydrogen) atoms. The molecule has 2 atom stereocenters. The third kappa shape index (κ3) is 6.71. The van der Waals surface area contributed by atoms with Crippen molar-refractivity contribution in [2.75, 3.05) is 0 Å². The normalized spacial score (nSPS) is 20.8. The number of pyridine rings is 1. The van der Waals surface area contributed by atoms with Crippen molar-refractivity contribution in [1.82, 2.24) is 9.55 Å². The van der Waals surface area contributed by atoms with Gasteiger partial charge in [0.25, 0.3) is 0 Å². The monoisotopic (exact) mass is 1040 g/mol. The van der Waals surface area contributed by atoms with Gasteiger partial charge in [-0.2, -0.15) is 6.07 Å². The summed E-state index contributed by atoms with van der Waals surface area (Å²) in [7, 11) is 0. The van der Waals surface area contributed by atoms with E-state index in [-0.39, 0.29) is 43.7 Å². The van der Waals surface area contributed by atoms with Crippen LogP contribution < -0.4 is 4.74 Å². The van der Waals surface area contributed by atoms with E-state index in [9.17, 15) is 2.74 Å². The fourth-order valence-electron chi connectivity index (χ4n) is 11.6. The Morgan fingerprint density at radius 1 is 0.769 bits per heavy atom. The summed E-state index contributed by atoms with van der Waals surface area (Å²) in [6.45, 7) is 35.0. The van der Waals surface area contributed by atoms with E-state index in [0.29, 0.717) is 23.0 Å². The van der Waals surface area contributed by atoms with Gasteiger partial charge in [0, 0.05) is 42.5 Å². The van der Waals surface area contributed by atoms with Crippen LogP contribution in [-0.2, 0) is 54.0 Å². The Labute approximate surface area is 404 Å². The molecule has 0 bridgehead atoms. The first-order valence-corrected chi connectivity index (χ1v) is 22.9. The van der Waals surface area contributed by atoms with Crippen molar-refractivity contribution < 1.29 is 33.3 Å². The van der Waals surface area contributed by atoms with Gasteiger partial charge < -0.3 is 14.0 Å². The molecule has 2 aliphatic heterocycles. The summed E-state index contributed by atoms with van der Waals surface area (Å²) in [6, 6.07) is 29.5. The summed E-state index contributed by atoms with van der Waals surface area (Å²) in [5.74, 6) is 2.46. The topological polar surface area (TPSA) is 48.6 Å². The van der Waals surface area contributed by atoms with Gasteiger partial charge in [-0.3, -0.25) is 4.99 Å². The Balaban J connectivity index is 0.00000562. The zero-order valence-corrected chi connectivity index (χ0v) is 43.3. The van der Waals surface area contributed by atoms with E-state index in [4.69, 9.17) is 19.5 Å². The van der Waals surface area contributed by atoms with Crippen molar-refractivity contribution in [3.8, 4) is 28.4 Å². The van der Waals surface area contributed by atoms with Crippen LogP contribution in [0.4, 0.5) is 0 Å². The van der Waals surface area contributed by atoms with Crippen LogP contribution in [0, 0.1) is 53.7 Å². The maximum absolute atomic E-state index is 9.58. The summed E-state index contributed by atoms with van der Waals surface area (Å²) in [6.07, 6.45) is 0.429. The minimum absolute atomic E-state index is 0. The van der Waals surface area contributed by atoms with Gasteiger partial charge in [-0.25, -0.2) is 4.98 Å². The third-order valence-electron chi connectivity index (χ3n) is 14.8. The molecule has 0 amide bonds. The quantitative estimate of drug-likeness (QED) is 0.165. The van der Waals surface area contributed by atoms with Crippen molar-refractivity contribution >= 4 is 27.7 Å². The van der Waals surface area contributed by atoms with E-state index in [1.54, 1.807) is 0 Å². The van der Waals surface area contributed by atoms with Crippen LogP contribution in [0.25, 0.3) is 38.8 Å². The molecule has 0 N–H and O–H groups in total. The molecule has 0 radical (unpaired) electrons. The summed E-state index contributed by atoms with van der Waals surface area (Å²) < 4.78 is 35.7. The van der Waals surface area contributed by atoms with E-state index in [2.05, 4.69) is 175 Å². The van der Waals surface area contributed by atoms with E-state index in [1.165, 1.54) is 33.2 Å². The van der Waals surface area contributed by atoms with E-state index in [0.717, 1.165) is 72.3 Å². The summed E-state index contributed by atoms with van der Waals surface area (Å²) in [5, 5.41) is 2.30. The van der Waals surface area contributed by atoms with E-state index >= 15 is 0 Å². The second-order valence-electron chi connectivity index (χ2n) is 22.1. The van der Waals surface area contributed by atoms with Gasteiger partial charge >= 0.3 is 21.1 Å². The summed E-state index contributed by atoms with van der Waals surface area (Å²) in [5.41, 5.74) is 15.6. The SMILES string of the molecule is [2H]C1([2H])C[C@@]2(C)N=C(c3[c-]c(Oc4[c-]c5c(cc4C)c4cc(C(C)(C)C)cc6c4n5-c4ncccc4C6(C)C)cc(-c4c(C)cc(C)cc4C)c3)O[C@@]2(C)c2cc(C)c(C(C)(C)C)c(C)c21.[Pt+2]. The van der Waals surface area contributed by atoms with Gasteiger partial charge in [0.1, 0.15) is 17.3 Å². The number of ether oxygens (including phenoxy) is 2. The molecule has 0 saturated carbocycles. The Bertz CT molecular complexity index is 3280. The van der Waals surface area contributed by atoms with Crippen LogP contribution in [0.1, 0.15) is 151 Å². The molecule has 2 aromatic heterocycles. The number of aryl methyl sites for hydroxylation is 5. The predicted octanol–water partition coefficient (Wildman–Crippen LogP) is 14.7. The van der Waals surface area contributed by atoms with Crippen molar-refractivity contribution in [2.45, 2.75) is 151 Å². The first-order chi connectivity index (χ1) is 30.6. The van der Waals surface area contributed by atoms with Crippen molar-refractivity contribution in [3.63, 3.8) is 0 Å².